The first-order chi connectivity index (χ1) is 8.16. The molecule has 6 heteroatoms. The van der Waals surface area contributed by atoms with E-state index in [-0.39, 0.29) is 0 Å². The van der Waals surface area contributed by atoms with E-state index < -0.39 is 5.97 Å². The van der Waals surface area contributed by atoms with Gasteiger partial charge in [0, 0.05) is 25.1 Å². The van der Waals surface area contributed by atoms with E-state index in [2.05, 4.69) is 9.36 Å². The van der Waals surface area contributed by atoms with Crippen LogP contribution in [0.25, 0.3) is 0 Å². The van der Waals surface area contributed by atoms with Crippen molar-refractivity contribution in [1.82, 2.24) is 9.36 Å². The number of carboxylic acid groups (broad SMARTS) is 1. The van der Waals surface area contributed by atoms with Gasteiger partial charge in [0.05, 0.1) is 5.56 Å². The molecule has 0 radical (unpaired) electrons. The summed E-state index contributed by atoms with van der Waals surface area (Å²) in [5, 5.41) is 9.62. The molecule has 1 N–H and O–H groups in total. The normalized spacial score (nSPS) is 10.2. The van der Waals surface area contributed by atoms with Gasteiger partial charge in [0.15, 0.2) is 0 Å². The Balaban J connectivity index is 2.06. The molecule has 0 bridgehead atoms. The molecule has 0 saturated carbocycles. The van der Waals surface area contributed by atoms with Crippen molar-refractivity contribution in [3.8, 4) is 0 Å². The minimum atomic E-state index is -0.908. The van der Waals surface area contributed by atoms with Crippen LogP contribution in [0.1, 0.15) is 15.9 Å². The molecule has 0 fully saturated rings. The zero-order valence-electron chi connectivity index (χ0n) is 9.20. The second-order valence-electron chi connectivity index (χ2n) is 3.58. The van der Waals surface area contributed by atoms with Gasteiger partial charge in [0.2, 0.25) is 5.13 Å². The van der Waals surface area contributed by atoms with Crippen molar-refractivity contribution in [3.05, 3.63) is 41.7 Å². The molecule has 0 atom stereocenters. The number of rotatable bonds is 4. The van der Waals surface area contributed by atoms with Crippen molar-refractivity contribution in [2.75, 3.05) is 11.9 Å². The number of carboxylic acids is 1. The predicted octanol–water partition coefficient (Wildman–Crippen LogP) is 1.87. The van der Waals surface area contributed by atoms with Gasteiger partial charge in [0.25, 0.3) is 0 Å². The van der Waals surface area contributed by atoms with E-state index in [1.54, 1.807) is 24.3 Å². The Labute approximate surface area is 103 Å². The highest BCUT2D eigenvalue weighted by Gasteiger charge is 2.06. The van der Waals surface area contributed by atoms with Gasteiger partial charge in [0.1, 0.15) is 6.33 Å². The molecule has 0 aliphatic carbocycles. The lowest BCUT2D eigenvalue weighted by Crippen LogP contribution is -2.16. The summed E-state index contributed by atoms with van der Waals surface area (Å²) in [6, 6.07) is 6.82. The van der Waals surface area contributed by atoms with Crippen molar-refractivity contribution in [3.63, 3.8) is 0 Å². The van der Waals surface area contributed by atoms with E-state index in [1.165, 1.54) is 17.9 Å². The van der Waals surface area contributed by atoms with Gasteiger partial charge in [-0.15, -0.1) is 0 Å². The highest BCUT2D eigenvalue weighted by molar-refractivity contribution is 7.09. The third-order valence-electron chi connectivity index (χ3n) is 2.30. The van der Waals surface area contributed by atoms with E-state index in [4.69, 9.17) is 5.11 Å². The van der Waals surface area contributed by atoms with Gasteiger partial charge in [-0.25, -0.2) is 9.78 Å². The van der Waals surface area contributed by atoms with Crippen molar-refractivity contribution in [2.24, 2.45) is 0 Å². The summed E-state index contributed by atoms with van der Waals surface area (Å²) in [6.45, 7) is 0.676. The van der Waals surface area contributed by atoms with E-state index in [0.717, 1.165) is 10.7 Å². The van der Waals surface area contributed by atoms with Crippen LogP contribution in [0.2, 0.25) is 0 Å². The third-order valence-corrected chi connectivity index (χ3v) is 3.08. The van der Waals surface area contributed by atoms with Gasteiger partial charge in [-0.3, -0.25) is 0 Å². The van der Waals surface area contributed by atoms with Crippen LogP contribution in [-0.4, -0.2) is 27.5 Å². The molecule has 0 spiro atoms. The van der Waals surface area contributed by atoms with Crippen molar-refractivity contribution in [2.45, 2.75) is 6.54 Å². The minimum Gasteiger partial charge on any atom is -0.478 e. The fraction of sp³-hybridized carbons (Fsp3) is 0.182. The number of aromatic nitrogens is 2. The Kier molecular flexibility index (Phi) is 3.34. The lowest BCUT2D eigenvalue weighted by atomic mass is 10.1. The maximum absolute atomic E-state index is 10.7. The van der Waals surface area contributed by atoms with E-state index in [1.807, 2.05) is 11.9 Å². The summed E-state index contributed by atoms with van der Waals surface area (Å²) >= 11 is 1.33. The molecule has 1 heterocycles. The zero-order valence-corrected chi connectivity index (χ0v) is 10.0. The first kappa shape index (κ1) is 11.5. The summed E-state index contributed by atoms with van der Waals surface area (Å²) in [5.41, 5.74) is 1.33. The second kappa shape index (κ2) is 4.92. The number of aromatic carboxylic acids is 1. The lowest BCUT2D eigenvalue weighted by Gasteiger charge is -2.14. The van der Waals surface area contributed by atoms with Crippen LogP contribution >= 0.6 is 11.5 Å². The number of anilines is 1. The Morgan fingerprint density at radius 3 is 2.65 bits per heavy atom. The van der Waals surface area contributed by atoms with Crippen LogP contribution in [0.15, 0.2) is 30.6 Å². The molecule has 2 aromatic rings. The number of carbonyl (C=O) groups is 1. The molecule has 0 unspecified atom stereocenters. The molecule has 5 nitrogen and oxygen atoms in total. The van der Waals surface area contributed by atoms with E-state index in [0.29, 0.717) is 12.1 Å². The smallest absolute Gasteiger partial charge is 0.335 e. The average molecular weight is 249 g/mol. The molecule has 1 aromatic heterocycles. The number of benzene rings is 1. The molecule has 0 amide bonds. The molecular weight excluding hydrogens is 238 g/mol. The average Bonchev–Trinajstić information content (AvgIpc) is 2.83. The highest BCUT2D eigenvalue weighted by Crippen LogP contribution is 2.16. The predicted molar refractivity (Wildman–Crippen MR) is 65.4 cm³/mol. The largest absolute Gasteiger partial charge is 0.478 e. The molecule has 0 aliphatic rings. The zero-order chi connectivity index (χ0) is 12.3. The lowest BCUT2D eigenvalue weighted by molar-refractivity contribution is 0.0697. The summed E-state index contributed by atoms with van der Waals surface area (Å²) in [5.74, 6) is -0.908. The number of hydrogen-bond donors (Lipinski definition) is 1. The van der Waals surface area contributed by atoms with Crippen molar-refractivity contribution < 1.29 is 9.90 Å². The van der Waals surface area contributed by atoms with Crippen LogP contribution in [0.4, 0.5) is 5.13 Å². The SMILES string of the molecule is CN(Cc1ccc(C(=O)O)cc1)c1ncns1. The summed E-state index contributed by atoms with van der Waals surface area (Å²) in [6.07, 6.45) is 1.52. The van der Waals surface area contributed by atoms with Crippen molar-refractivity contribution >= 4 is 22.6 Å². The fourth-order valence-corrected chi connectivity index (χ4v) is 1.92. The van der Waals surface area contributed by atoms with Crippen LogP contribution in [0, 0.1) is 0 Å². The van der Waals surface area contributed by atoms with Crippen LogP contribution < -0.4 is 4.90 Å². The maximum atomic E-state index is 10.7. The topological polar surface area (TPSA) is 66.3 Å². The first-order valence-corrected chi connectivity index (χ1v) is 5.74. The molecule has 0 aliphatic heterocycles. The van der Waals surface area contributed by atoms with E-state index in [9.17, 15) is 4.79 Å². The number of hydrogen-bond acceptors (Lipinski definition) is 5. The molecule has 88 valence electrons. The van der Waals surface area contributed by atoms with Gasteiger partial charge in [-0.2, -0.15) is 4.37 Å². The van der Waals surface area contributed by atoms with Gasteiger partial charge in [-0.05, 0) is 17.7 Å². The van der Waals surface area contributed by atoms with Crippen LogP contribution in [0.5, 0.6) is 0 Å². The summed E-state index contributed by atoms with van der Waals surface area (Å²) in [4.78, 5) is 16.8. The summed E-state index contributed by atoms with van der Waals surface area (Å²) < 4.78 is 3.93. The fourth-order valence-electron chi connectivity index (χ4n) is 1.43. The molecular formula is C11H11N3O2S. The quantitative estimate of drug-likeness (QED) is 0.896. The molecule has 1 aromatic carbocycles. The minimum absolute atomic E-state index is 0.298. The van der Waals surface area contributed by atoms with Crippen LogP contribution in [0.3, 0.4) is 0 Å². The number of nitrogens with zero attached hydrogens (tertiary/aromatic N) is 3. The monoisotopic (exact) mass is 249 g/mol. The molecule has 0 saturated heterocycles. The standard InChI is InChI=1S/C11H11N3O2S/c1-14(11-12-7-13-17-11)6-8-2-4-9(5-3-8)10(15)16/h2-5,7H,6H2,1H3,(H,15,16). The Morgan fingerprint density at radius 2 is 2.12 bits per heavy atom. The second-order valence-corrected chi connectivity index (χ2v) is 4.34. The van der Waals surface area contributed by atoms with Crippen molar-refractivity contribution in [1.29, 1.82) is 0 Å². The Bertz CT molecular complexity index is 496. The van der Waals surface area contributed by atoms with Crippen LogP contribution in [-0.2, 0) is 6.54 Å². The third kappa shape index (κ3) is 2.79. The maximum Gasteiger partial charge on any atom is 0.335 e. The van der Waals surface area contributed by atoms with Gasteiger partial charge < -0.3 is 10.0 Å². The Hall–Kier alpha value is -1.95. The molecule has 2 rings (SSSR count). The Morgan fingerprint density at radius 1 is 1.41 bits per heavy atom. The first-order valence-electron chi connectivity index (χ1n) is 4.97. The summed E-state index contributed by atoms with van der Waals surface area (Å²) in [7, 11) is 1.92. The van der Waals surface area contributed by atoms with Gasteiger partial charge in [-0.1, -0.05) is 12.1 Å². The van der Waals surface area contributed by atoms with Gasteiger partial charge >= 0.3 is 5.97 Å². The van der Waals surface area contributed by atoms with E-state index >= 15 is 0 Å². The molecule has 17 heavy (non-hydrogen) atoms. The highest BCUT2D eigenvalue weighted by atomic mass is 32.1.